The van der Waals surface area contributed by atoms with Crippen LogP contribution in [0.1, 0.15) is 25.1 Å². The number of hydrogen-bond donors (Lipinski definition) is 1. The molecule has 5 nitrogen and oxygen atoms in total. The molecule has 0 bridgehead atoms. The van der Waals surface area contributed by atoms with Gasteiger partial charge in [-0.05, 0) is 64.0 Å². The minimum absolute atomic E-state index is 0.0167. The first kappa shape index (κ1) is 15.0. The highest BCUT2D eigenvalue weighted by Gasteiger charge is 2.10. The molecule has 1 aliphatic heterocycles. The maximum Gasteiger partial charge on any atom is 0.261 e. The Balaban J connectivity index is 1.64. The second-order valence-corrected chi connectivity index (χ2v) is 6.08. The van der Waals surface area contributed by atoms with Gasteiger partial charge >= 0.3 is 0 Å². The van der Waals surface area contributed by atoms with Gasteiger partial charge in [0.15, 0.2) is 0 Å². The third-order valence-corrected chi connectivity index (χ3v) is 4.48. The molecule has 2 heterocycles. The van der Waals surface area contributed by atoms with Crippen LogP contribution < -0.4 is 10.9 Å². The van der Waals surface area contributed by atoms with Gasteiger partial charge in [0, 0.05) is 19.3 Å². The van der Waals surface area contributed by atoms with Crippen molar-refractivity contribution < 1.29 is 0 Å². The molecule has 0 aliphatic carbocycles. The fourth-order valence-corrected chi connectivity index (χ4v) is 3.03. The van der Waals surface area contributed by atoms with Crippen molar-refractivity contribution in [3.63, 3.8) is 0 Å². The van der Waals surface area contributed by atoms with E-state index in [2.05, 4.69) is 15.2 Å². The zero-order valence-corrected chi connectivity index (χ0v) is 13.4. The standard InChI is InChI=1S/C17H24N4O/c1-13-19-16-12-14(6-7-15(16)17(22)20(13)2)18-8-5-11-21-9-3-4-10-21/h6-7,12,18H,3-5,8-11H2,1-2H3. The average molecular weight is 300 g/mol. The maximum atomic E-state index is 12.2. The summed E-state index contributed by atoms with van der Waals surface area (Å²) >= 11 is 0. The molecule has 1 aromatic heterocycles. The number of anilines is 1. The third-order valence-electron chi connectivity index (χ3n) is 4.48. The van der Waals surface area contributed by atoms with E-state index in [0.717, 1.165) is 30.0 Å². The number of nitrogens with one attached hydrogen (secondary N) is 1. The van der Waals surface area contributed by atoms with Gasteiger partial charge in [-0.1, -0.05) is 0 Å². The normalized spacial score (nSPS) is 15.5. The molecule has 1 aromatic carbocycles. The summed E-state index contributed by atoms with van der Waals surface area (Å²) in [5.41, 5.74) is 1.82. The lowest BCUT2D eigenvalue weighted by molar-refractivity contribution is 0.337. The van der Waals surface area contributed by atoms with E-state index in [-0.39, 0.29) is 5.56 Å². The molecule has 5 heteroatoms. The van der Waals surface area contributed by atoms with E-state index >= 15 is 0 Å². The summed E-state index contributed by atoms with van der Waals surface area (Å²) in [5, 5.41) is 4.12. The van der Waals surface area contributed by atoms with E-state index in [1.807, 2.05) is 25.1 Å². The van der Waals surface area contributed by atoms with Crippen LogP contribution in [-0.4, -0.2) is 40.6 Å². The van der Waals surface area contributed by atoms with E-state index < -0.39 is 0 Å². The molecular weight excluding hydrogens is 276 g/mol. The van der Waals surface area contributed by atoms with Gasteiger partial charge in [0.1, 0.15) is 5.82 Å². The van der Waals surface area contributed by atoms with E-state index in [9.17, 15) is 4.79 Å². The molecule has 1 saturated heterocycles. The van der Waals surface area contributed by atoms with Crippen molar-refractivity contribution in [1.82, 2.24) is 14.5 Å². The second-order valence-electron chi connectivity index (χ2n) is 6.08. The Labute approximate surface area is 131 Å². The van der Waals surface area contributed by atoms with Gasteiger partial charge in [0.2, 0.25) is 0 Å². The minimum Gasteiger partial charge on any atom is -0.385 e. The van der Waals surface area contributed by atoms with Crippen LogP contribution >= 0.6 is 0 Å². The van der Waals surface area contributed by atoms with Crippen molar-refractivity contribution in [1.29, 1.82) is 0 Å². The molecule has 0 amide bonds. The molecule has 2 aromatic rings. The van der Waals surface area contributed by atoms with Crippen LogP contribution in [0, 0.1) is 6.92 Å². The highest BCUT2D eigenvalue weighted by atomic mass is 16.1. The lowest BCUT2D eigenvalue weighted by Crippen LogP contribution is -2.22. The summed E-state index contributed by atoms with van der Waals surface area (Å²) in [6, 6.07) is 5.81. The van der Waals surface area contributed by atoms with Gasteiger partial charge in [-0.3, -0.25) is 9.36 Å². The summed E-state index contributed by atoms with van der Waals surface area (Å²) < 4.78 is 1.59. The van der Waals surface area contributed by atoms with Gasteiger partial charge in [0.05, 0.1) is 10.9 Å². The first-order valence-corrected chi connectivity index (χ1v) is 8.09. The average Bonchev–Trinajstić information content (AvgIpc) is 3.02. The van der Waals surface area contributed by atoms with E-state index in [1.54, 1.807) is 11.6 Å². The molecule has 118 valence electrons. The number of nitrogens with zero attached hydrogens (tertiary/aromatic N) is 3. The van der Waals surface area contributed by atoms with Crippen molar-refractivity contribution >= 4 is 16.6 Å². The van der Waals surface area contributed by atoms with Gasteiger partial charge in [-0.25, -0.2) is 4.98 Å². The molecule has 3 rings (SSSR count). The number of benzene rings is 1. The lowest BCUT2D eigenvalue weighted by Gasteiger charge is -2.15. The number of aromatic nitrogens is 2. The molecule has 22 heavy (non-hydrogen) atoms. The van der Waals surface area contributed by atoms with E-state index in [1.165, 1.54) is 32.5 Å². The zero-order valence-electron chi connectivity index (χ0n) is 13.4. The topological polar surface area (TPSA) is 50.2 Å². The summed E-state index contributed by atoms with van der Waals surface area (Å²) in [4.78, 5) is 19.2. The second kappa shape index (κ2) is 6.48. The SMILES string of the molecule is Cc1nc2cc(NCCCN3CCCC3)ccc2c(=O)n1C. The third kappa shape index (κ3) is 3.14. The van der Waals surface area contributed by atoms with Crippen LogP contribution in [0.5, 0.6) is 0 Å². The van der Waals surface area contributed by atoms with Crippen LogP contribution in [0.3, 0.4) is 0 Å². The number of hydrogen-bond acceptors (Lipinski definition) is 4. The first-order chi connectivity index (χ1) is 10.6. The fourth-order valence-electron chi connectivity index (χ4n) is 3.03. The van der Waals surface area contributed by atoms with Crippen LogP contribution in [0.4, 0.5) is 5.69 Å². The van der Waals surface area contributed by atoms with Crippen molar-refractivity contribution in [3.05, 3.63) is 34.4 Å². The molecule has 0 atom stereocenters. The smallest absolute Gasteiger partial charge is 0.261 e. The Hall–Kier alpha value is -1.88. The minimum atomic E-state index is 0.0167. The summed E-state index contributed by atoms with van der Waals surface area (Å²) in [6.07, 6.45) is 3.83. The van der Waals surface area contributed by atoms with Crippen molar-refractivity contribution in [3.8, 4) is 0 Å². The molecule has 1 N–H and O–H groups in total. The van der Waals surface area contributed by atoms with Gasteiger partial charge in [0.25, 0.3) is 5.56 Å². The summed E-state index contributed by atoms with van der Waals surface area (Å²) in [7, 11) is 1.76. The number of rotatable bonds is 5. The Bertz CT molecular complexity index is 716. The van der Waals surface area contributed by atoms with Gasteiger partial charge in [-0.2, -0.15) is 0 Å². The van der Waals surface area contributed by atoms with Crippen LogP contribution in [0.2, 0.25) is 0 Å². The van der Waals surface area contributed by atoms with E-state index in [0.29, 0.717) is 5.39 Å². The van der Waals surface area contributed by atoms with Crippen LogP contribution in [-0.2, 0) is 7.05 Å². The van der Waals surface area contributed by atoms with Crippen molar-refractivity contribution in [2.75, 3.05) is 31.5 Å². The molecule has 1 aliphatic rings. The zero-order chi connectivity index (χ0) is 15.5. The van der Waals surface area contributed by atoms with Crippen LogP contribution in [0.25, 0.3) is 10.9 Å². The quantitative estimate of drug-likeness (QED) is 0.860. The molecule has 0 saturated carbocycles. The Morgan fingerprint density at radius 1 is 1.27 bits per heavy atom. The highest BCUT2D eigenvalue weighted by molar-refractivity contribution is 5.81. The Morgan fingerprint density at radius 2 is 2.05 bits per heavy atom. The fraction of sp³-hybridized carbons (Fsp3) is 0.529. The van der Waals surface area contributed by atoms with E-state index in [4.69, 9.17) is 0 Å². The van der Waals surface area contributed by atoms with Crippen LogP contribution in [0.15, 0.2) is 23.0 Å². The molecule has 0 radical (unpaired) electrons. The summed E-state index contributed by atoms with van der Waals surface area (Å²) in [6.45, 7) is 6.48. The number of aryl methyl sites for hydroxylation is 1. The highest BCUT2D eigenvalue weighted by Crippen LogP contribution is 2.15. The van der Waals surface area contributed by atoms with Gasteiger partial charge < -0.3 is 10.2 Å². The predicted molar refractivity (Wildman–Crippen MR) is 90.5 cm³/mol. The molecular formula is C17H24N4O. The van der Waals surface area contributed by atoms with Crippen molar-refractivity contribution in [2.45, 2.75) is 26.2 Å². The van der Waals surface area contributed by atoms with Gasteiger partial charge in [-0.15, -0.1) is 0 Å². The maximum absolute atomic E-state index is 12.2. The predicted octanol–water partition coefficient (Wildman–Crippen LogP) is 2.14. The molecule has 0 spiro atoms. The monoisotopic (exact) mass is 300 g/mol. The largest absolute Gasteiger partial charge is 0.385 e. The summed E-state index contributed by atoms with van der Waals surface area (Å²) in [5.74, 6) is 0.740. The molecule has 0 unspecified atom stereocenters. The number of fused-ring (bicyclic) bond motifs is 1. The Kier molecular flexibility index (Phi) is 4.43. The number of likely N-dealkylation sites (tertiary alicyclic amines) is 1. The Morgan fingerprint density at radius 3 is 2.82 bits per heavy atom. The lowest BCUT2D eigenvalue weighted by atomic mass is 10.2. The first-order valence-electron chi connectivity index (χ1n) is 8.09. The molecule has 1 fully saturated rings. The van der Waals surface area contributed by atoms with Crippen molar-refractivity contribution in [2.24, 2.45) is 7.05 Å².